The van der Waals surface area contributed by atoms with Gasteiger partial charge in [0.15, 0.2) is 0 Å². The number of aryl methyl sites for hydroxylation is 1. The van der Waals surface area contributed by atoms with Gasteiger partial charge in [0, 0.05) is 18.2 Å². The number of carbonyl (C=O) groups excluding carboxylic acids is 1. The number of rotatable bonds is 3. The number of amides is 1. The van der Waals surface area contributed by atoms with Crippen LogP contribution in [-0.4, -0.2) is 16.8 Å². The van der Waals surface area contributed by atoms with Crippen molar-refractivity contribution >= 4 is 11.8 Å². The van der Waals surface area contributed by atoms with Crippen LogP contribution in [0.15, 0.2) is 18.2 Å². The summed E-state index contributed by atoms with van der Waals surface area (Å²) >= 11 is 0. The van der Waals surface area contributed by atoms with Crippen LogP contribution in [0.25, 0.3) is 0 Å². The quantitative estimate of drug-likeness (QED) is 0.821. The summed E-state index contributed by atoms with van der Waals surface area (Å²) < 4.78 is 5.12. The van der Waals surface area contributed by atoms with Crippen LogP contribution in [0.2, 0.25) is 0 Å². The fraction of sp³-hybridized carbons (Fsp3) is 0.400. The number of benzene rings is 1. The number of aromatic hydroxyl groups is 1. The van der Waals surface area contributed by atoms with Crippen molar-refractivity contribution in [2.45, 2.75) is 39.2 Å². The molecule has 0 fully saturated rings. The van der Waals surface area contributed by atoms with Gasteiger partial charge in [0.05, 0.1) is 0 Å². The molecule has 0 atom stereocenters. The second kappa shape index (κ2) is 6.14. The summed E-state index contributed by atoms with van der Waals surface area (Å²) in [6.07, 6.45) is 5.79. The summed E-state index contributed by atoms with van der Waals surface area (Å²) in [7, 11) is 0. The zero-order chi connectivity index (χ0) is 14.5. The standard InChI is InChI=1S/C15H19NO3/c1-5-6-7-11-8-9-12(10-13(11)17)16-14(18)19-15(2,3)4/h1,8-10,17H,6-7H2,2-4H3,(H,16,18). The Bertz CT molecular complexity index is 495. The van der Waals surface area contributed by atoms with E-state index < -0.39 is 11.7 Å². The number of phenolic OH excluding ortho intramolecular Hbond substituents is 1. The molecule has 0 heterocycles. The second-order valence-electron chi connectivity index (χ2n) is 5.17. The summed E-state index contributed by atoms with van der Waals surface area (Å²) in [5, 5.41) is 12.4. The maximum Gasteiger partial charge on any atom is 0.412 e. The van der Waals surface area contributed by atoms with E-state index in [-0.39, 0.29) is 5.75 Å². The van der Waals surface area contributed by atoms with E-state index in [4.69, 9.17) is 11.2 Å². The third-order valence-corrected chi connectivity index (χ3v) is 2.27. The van der Waals surface area contributed by atoms with Crippen molar-refractivity contribution in [3.8, 4) is 18.1 Å². The van der Waals surface area contributed by atoms with Crippen LogP contribution in [-0.2, 0) is 11.2 Å². The third-order valence-electron chi connectivity index (χ3n) is 2.27. The van der Waals surface area contributed by atoms with Crippen LogP contribution < -0.4 is 5.32 Å². The topological polar surface area (TPSA) is 58.6 Å². The monoisotopic (exact) mass is 261 g/mol. The van der Waals surface area contributed by atoms with Crippen LogP contribution in [0.4, 0.5) is 10.5 Å². The summed E-state index contributed by atoms with van der Waals surface area (Å²) in [4.78, 5) is 11.6. The molecule has 1 aromatic carbocycles. The summed E-state index contributed by atoms with van der Waals surface area (Å²) in [5.74, 6) is 2.63. The Labute approximate surface area is 113 Å². The van der Waals surface area contributed by atoms with E-state index >= 15 is 0 Å². The van der Waals surface area contributed by atoms with Crippen LogP contribution in [0.1, 0.15) is 32.8 Å². The van der Waals surface area contributed by atoms with Gasteiger partial charge in [0.25, 0.3) is 0 Å². The number of terminal acetylenes is 1. The molecule has 0 unspecified atom stereocenters. The highest BCUT2D eigenvalue weighted by Crippen LogP contribution is 2.23. The largest absolute Gasteiger partial charge is 0.508 e. The molecular weight excluding hydrogens is 242 g/mol. The van der Waals surface area contributed by atoms with E-state index in [1.165, 1.54) is 6.07 Å². The maximum atomic E-state index is 11.6. The van der Waals surface area contributed by atoms with Gasteiger partial charge in [-0.3, -0.25) is 5.32 Å². The number of hydrogen-bond donors (Lipinski definition) is 2. The molecule has 0 aliphatic carbocycles. The molecule has 4 nitrogen and oxygen atoms in total. The lowest BCUT2D eigenvalue weighted by Crippen LogP contribution is -2.27. The maximum absolute atomic E-state index is 11.6. The normalized spacial score (nSPS) is 10.6. The van der Waals surface area contributed by atoms with Crippen LogP contribution in [0.5, 0.6) is 5.75 Å². The SMILES string of the molecule is C#CCCc1ccc(NC(=O)OC(C)(C)C)cc1O. The molecule has 0 saturated heterocycles. The van der Waals surface area contributed by atoms with Crippen molar-refractivity contribution < 1.29 is 14.6 Å². The molecule has 0 bridgehead atoms. The van der Waals surface area contributed by atoms with Gasteiger partial charge >= 0.3 is 6.09 Å². The average Bonchev–Trinajstić information content (AvgIpc) is 2.25. The summed E-state index contributed by atoms with van der Waals surface area (Å²) in [6, 6.07) is 4.92. The molecule has 4 heteroatoms. The molecule has 0 aliphatic heterocycles. The molecule has 2 N–H and O–H groups in total. The van der Waals surface area contributed by atoms with Gasteiger partial charge < -0.3 is 9.84 Å². The first-order valence-corrected chi connectivity index (χ1v) is 6.07. The first kappa shape index (κ1) is 14.9. The van der Waals surface area contributed by atoms with Crippen molar-refractivity contribution in [1.82, 2.24) is 0 Å². The molecule has 1 rings (SSSR count). The average molecular weight is 261 g/mol. The Morgan fingerprint density at radius 1 is 1.47 bits per heavy atom. The molecule has 19 heavy (non-hydrogen) atoms. The van der Waals surface area contributed by atoms with Crippen LogP contribution in [0.3, 0.4) is 0 Å². The van der Waals surface area contributed by atoms with Gasteiger partial charge in [-0.15, -0.1) is 12.3 Å². The molecule has 1 amide bonds. The second-order valence-corrected chi connectivity index (χ2v) is 5.17. The van der Waals surface area contributed by atoms with E-state index in [1.54, 1.807) is 32.9 Å². The number of nitrogens with one attached hydrogen (secondary N) is 1. The van der Waals surface area contributed by atoms with E-state index in [0.717, 1.165) is 5.56 Å². The molecule has 0 saturated carbocycles. The Morgan fingerprint density at radius 3 is 2.68 bits per heavy atom. The predicted molar refractivity (Wildman–Crippen MR) is 75.1 cm³/mol. The number of hydrogen-bond acceptors (Lipinski definition) is 3. The molecule has 0 aromatic heterocycles. The Morgan fingerprint density at radius 2 is 2.16 bits per heavy atom. The van der Waals surface area contributed by atoms with Gasteiger partial charge in [0.2, 0.25) is 0 Å². The highest BCUT2D eigenvalue weighted by Gasteiger charge is 2.16. The summed E-state index contributed by atoms with van der Waals surface area (Å²) in [5.41, 5.74) is 0.683. The minimum absolute atomic E-state index is 0.115. The predicted octanol–water partition coefficient (Wildman–Crippen LogP) is 3.31. The minimum atomic E-state index is -0.557. The van der Waals surface area contributed by atoms with Crippen molar-refractivity contribution in [1.29, 1.82) is 0 Å². The van der Waals surface area contributed by atoms with E-state index in [0.29, 0.717) is 18.5 Å². The van der Waals surface area contributed by atoms with Gasteiger partial charge in [-0.05, 0) is 38.8 Å². The van der Waals surface area contributed by atoms with Crippen LogP contribution in [0, 0.1) is 12.3 Å². The van der Waals surface area contributed by atoms with Gasteiger partial charge in [-0.2, -0.15) is 0 Å². The summed E-state index contributed by atoms with van der Waals surface area (Å²) in [6.45, 7) is 5.35. The number of ether oxygens (including phenoxy) is 1. The third kappa shape index (κ3) is 5.35. The van der Waals surface area contributed by atoms with E-state index in [9.17, 15) is 9.90 Å². The first-order valence-electron chi connectivity index (χ1n) is 6.07. The number of anilines is 1. The fourth-order valence-electron chi connectivity index (χ4n) is 1.48. The highest BCUT2D eigenvalue weighted by molar-refractivity contribution is 5.85. The van der Waals surface area contributed by atoms with Crippen LogP contribution >= 0.6 is 0 Å². The lowest BCUT2D eigenvalue weighted by atomic mass is 10.1. The van der Waals surface area contributed by atoms with Crippen molar-refractivity contribution in [2.75, 3.05) is 5.32 Å². The first-order chi connectivity index (χ1) is 8.81. The van der Waals surface area contributed by atoms with Gasteiger partial charge in [0.1, 0.15) is 11.4 Å². The zero-order valence-electron chi connectivity index (χ0n) is 11.5. The van der Waals surface area contributed by atoms with Crippen molar-refractivity contribution in [3.05, 3.63) is 23.8 Å². The Kier molecular flexibility index (Phi) is 4.82. The molecule has 102 valence electrons. The molecule has 1 aromatic rings. The lowest BCUT2D eigenvalue weighted by molar-refractivity contribution is 0.0636. The lowest BCUT2D eigenvalue weighted by Gasteiger charge is -2.19. The van der Waals surface area contributed by atoms with E-state index in [2.05, 4.69) is 11.2 Å². The van der Waals surface area contributed by atoms with E-state index in [1.807, 2.05) is 0 Å². The van der Waals surface area contributed by atoms with Gasteiger partial charge in [-0.1, -0.05) is 6.07 Å². The van der Waals surface area contributed by atoms with Crippen molar-refractivity contribution in [2.24, 2.45) is 0 Å². The molecule has 0 radical (unpaired) electrons. The smallest absolute Gasteiger partial charge is 0.412 e. The molecular formula is C15H19NO3. The molecule has 0 spiro atoms. The van der Waals surface area contributed by atoms with Gasteiger partial charge in [-0.25, -0.2) is 4.79 Å². The molecule has 0 aliphatic rings. The Hall–Kier alpha value is -2.15. The van der Waals surface area contributed by atoms with Crippen molar-refractivity contribution in [3.63, 3.8) is 0 Å². The zero-order valence-corrected chi connectivity index (χ0v) is 11.5. The number of phenols is 1. The Balaban J connectivity index is 2.69. The number of carbonyl (C=O) groups is 1. The minimum Gasteiger partial charge on any atom is -0.508 e. The fourth-order valence-corrected chi connectivity index (χ4v) is 1.48. The highest BCUT2D eigenvalue weighted by atomic mass is 16.6.